The van der Waals surface area contributed by atoms with Crippen molar-refractivity contribution < 1.29 is 31.5 Å². The fraction of sp³-hybridized carbons (Fsp3) is 0.200. The first kappa shape index (κ1) is 20.5. The molecule has 29 heavy (non-hydrogen) atoms. The normalized spacial score (nSPS) is 15.5. The highest BCUT2D eigenvalue weighted by Gasteiger charge is 2.37. The first-order chi connectivity index (χ1) is 13.6. The summed E-state index contributed by atoms with van der Waals surface area (Å²) in [5, 5.41) is 3.87. The minimum Gasteiger partial charge on any atom is -0.490 e. The van der Waals surface area contributed by atoms with E-state index < -0.39 is 40.7 Å². The highest BCUT2D eigenvalue weighted by atomic mass is 19.2. The molecule has 4 nitrogen and oxygen atoms in total. The van der Waals surface area contributed by atoms with E-state index >= 15 is 0 Å². The maximum Gasteiger partial charge on any atom is 0.280 e. The molecule has 0 aliphatic carbocycles. The van der Waals surface area contributed by atoms with Crippen LogP contribution in [0, 0.1) is 29.1 Å². The van der Waals surface area contributed by atoms with Gasteiger partial charge in [-0.1, -0.05) is 18.2 Å². The van der Waals surface area contributed by atoms with E-state index in [0.29, 0.717) is 11.3 Å². The Bertz CT molecular complexity index is 1030. The lowest BCUT2D eigenvalue weighted by Gasteiger charge is -2.15. The highest BCUT2D eigenvalue weighted by molar-refractivity contribution is 6.32. The van der Waals surface area contributed by atoms with Gasteiger partial charge in [0, 0.05) is 5.56 Å². The lowest BCUT2D eigenvalue weighted by atomic mass is 10.1. The number of halogens is 5. The van der Waals surface area contributed by atoms with Crippen LogP contribution >= 0.6 is 0 Å². The summed E-state index contributed by atoms with van der Waals surface area (Å²) in [7, 11) is 0. The van der Waals surface area contributed by atoms with E-state index in [0.717, 1.165) is 0 Å². The minimum atomic E-state index is -2.31. The van der Waals surface area contributed by atoms with E-state index in [1.54, 1.807) is 24.3 Å². The number of anilines is 1. The molecule has 1 amide bonds. The number of benzene rings is 2. The third kappa shape index (κ3) is 3.59. The second-order valence-electron chi connectivity index (χ2n) is 6.48. The Morgan fingerprint density at radius 2 is 1.52 bits per heavy atom. The van der Waals surface area contributed by atoms with Crippen LogP contribution < -0.4 is 9.75 Å². The van der Waals surface area contributed by atoms with Crippen molar-refractivity contribution >= 4 is 23.4 Å². The lowest BCUT2D eigenvalue weighted by molar-refractivity contribution is -0.114. The molecule has 0 spiro atoms. The maximum absolute atomic E-state index is 14.1. The molecule has 0 unspecified atom stereocenters. The van der Waals surface area contributed by atoms with Crippen LogP contribution in [0.4, 0.5) is 27.6 Å². The first-order valence-electron chi connectivity index (χ1n) is 8.52. The molecule has 2 aromatic rings. The number of hydrazone groups is 1. The van der Waals surface area contributed by atoms with Gasteiger partial charge in [0.1, 0.15) is 11.4 Å². The van der Waals surface area contributed by atoms with E-state index in [2.05, 4.69) is 5.10 Å². The van der Waals surface area contributed by atoms with Gasteiger partial charge in [-0.2, -0.15) is 10.1 Å². The van der Waals surface area contributed by atoms with Gasteiger partial charge in [0.25, 0.3) is 5.91 Å². The quantitative estimate of drug-likeness (QED) is 0.309. The van der Waals surface area contributed by atoms with Crippen LogP contribution in [0.15, 0.2) is 34.9 Å². The van der Waals surface area contributed by atoms with E-state index in [1.807, 2.05) is 13.8 Å². The van der Waals surface area contributed by atoms with E-state index in [9.17, 15) is 26.7 Å². The zero-order valence-electron chi connectivity index (χ0n) is 15.6. The van der Waals surface area contributed by atoms with E-state index in [4.69, 9.17) is 4.74 Å². The van der Waals surface area contributed by atoms with Gasteiger partial charge in [-0.15, -0.1) is 0 Å². The standard InChI is InChI=1S/C20H15F5N2O2/c1-9(2)29-13-7-5-4-6-11(13)8-12-10(3)26-27(20(12)28)19-17(24)15(22)14(21)16(23)18(19)25/h4-9H,1-3H3/b12-8-. The van der Waals surface area contributed by atoms with Crippen LogP contribution in [0.1, 0.15) is 26.3 Å². The van der Waals surface area contributed by atoms with E-state index in [-0.39, 0.29) is 22.4 Å². The third-order valence-electron chi connectivity index (χ3n) is 4.04. The third-order valence-corrected chi connectivity index (χ3v) is 4.04. The Hall–Kier alpha value is -3.23. The molecule has 152 valence electrons. The second kappa shape index (κ2) is 7.65. The van der Waals surface area contributed by atoms with Gasteiger partial charge in [0.2, 0.25) is 5.82 Å². The van der Waals surface area contributed by atoms with Crippen molar-refractivity contribution in [1.82, 2.24) is 0 Å². The largest absolute Gasteiger partial charge is 0.490 e. The molecular formula is C20H15F5N2O2. The molecule has 1 aliphatic heterocycles. The van der Waals surface area contributed by atoms with Crippen molar-refractivity contribution in [2.45, 2.75) is 26.9 Å². The summed E-state index contributed by atoms with van der Waals surface area (Å²) in [6.45, 7) is 4.99. The average molecular weight is 410 g/mol. The molecule has 0 saturated carbocycles. The Balaban J connectivity index is 2.08. The molecule has 0 aromatic heterocycles. The SMILES string of the molecule is CC1=NN(c2c(F)c(F)c(F)c(F)c2F)C(=O)/C1=C\c1ccccc1OC(C)C. The molecule has 3 rings (SSSR count). The van der Waals surface area contributed by atoms with Crippen molar-refractivity contribution in [3.63, 3.8) is 0 Å². The Labute approximate surface area is 162 Å². The summed E-state index contributed by atoms with van der Waals surface area (Å²) in [5.41, 5.74) is -0.980. The molecule has 0 bridgehead atoms. The monoisotopic (exact) mass is 410 g/mol. The Kier molecular flexibility index (Phi) is 5.41. The number of nitrogens with zero attached hydrogens (tertiary/aromatic N) is 2. The average Bonchev–Trinajstić information content (AvgIpc) is 2.94. The fourth-order valence-electron chi connectivity index (χ4n) is 2.73. The predicted molar refractivity (Wildman–Crippen MR) is 97.0 cm³/mol. The number of carbonyl (C=O) groups is 1. The van der Waals surface area contributed by atoms with Gasteiger partial charge in [-0.3, -0.25) is 4.79 Å². The Morgan fingerprint density at radius 3 is 2.10 bits per heavy atom. The molecule has 1 heterocycles. The van der Waals surface area contributed by atoms with Crippen LogP contribution in [0.2, 0.25) is 0 Å². The van der Waals surface area contributed by atoms with Crippen molar-refractivity contribution in [3.8, 4) is 5.75 Å². The number of amides is 1. The molecule has 2 aromatic carbocycles. The number of ether oxygens (including phenoxy) is 1. The number of hydrogen-bond acceptors (Lipinski definition) is 3. The highest BCUT2D eigenvalue weighted by Crippen LogP contribution is 2.34. The minimum absolute atomic E-state index is 0.0401. The van der Waals surface area contributed by atoms with Crippen molar-refractivity contribution in [2.75, 3.05) is 5.01 Å². The topological polar surface area (TPSA) is 41.9 Å². The zero-order chi connectivity index (χ0) is 21.5. The van der Waals surface area contributed by atoms with Gasteiger partial charge in [-0.25, -0.2) is 22.0 Å². The summed E-state index contributed by atoms with van der Waals surface area (Å²) in [6, 6.07) is 6.72. The maximum atomic E-state index is 14.1. The van der Waals surface area contributed by atoms with Gasteiger partial charge in [0.15, 0.2) is 23.3 Å². The summed E-state index contributed by atoms with van der Waals surface area (Å²) in [5.74, 6) is -11.5. The molecule has 1 aliphatic rings. The predicted octanol–water partition coefficient (Wildman–Crippen LogP) is 4.98. The van der Waals surface area contributed by atoms with Crippen molar-refractivity contribution in [2.24, 2.45) is 5.10 Å². The number of rotatable bonds is 4. The van der Waals surface area contributed by atoms with E-state index in [1.165, 1.54) is 13.0 Å². The molecule has 0 fully saturated rings. The summed E-state index contributed by atoms with van der Waals surface area (Å²) >= 11 is 0. The molecule has 0 atom stereocenters. The molecular weight excluding hydrogens is 395 g/mol. The molecule has 0 N–H and O–H groups in total. The zero-order valence-corrected chi connectivity index (χ0v) is 15.6. The van der Waals surface area contributed by atoms with Gasteiger partial charge in [-0.05, 0) is 32.9 Å². The van der Waals surface area contributed by atoms with Gasteiger partial charge in [0.05, 0.1) is 17.4 Å². The van der Waals surface area contributed by atoms with Gasteiger partial charge >= 0.3 is 0 Å². The fourth-order valence-corrected chi connectivity index (χ4v) is 2.73. The van der Waals surface area contributed by atoms with Crippen molar-refractivity contribution in [1.29, 1.82) is 0 Å². The Morgan fingerprint density at radius 1 is 0.966 bits per heavy atom. The lowest BCUT2D eigenvalue weighted by Crippen LogP contribution is -2.25. The number of hydrogen-bond donors (Lipinski definition) is 0. The molecule has 0 radical (unpaired) electrons. The van der Waals surface area contributed by atoms with Crippen LogP contribution in [0.5, 0.6) is 5.75 Å². The number of para-hydroxylation sites is 1. The van der Waals surface area contributed by atoms with Crippen LogP contribution in [0.25, 0.3) is 6.08 Å². The summed E-state index contributed by atoms with van der Waals surface area (Å²) in [4.78, 5) is 12.7. The second-order valence-corrected chi connectivity index (χ2v) is 6.48. The smallest absolute Gasteiger partial charge is 0.280 e. The van der Waals surface area contributed by atoms with Crippen LogP contribution in [-0.2, 0) is 4.79 Å². The first-order valence-corrected chi connectivity index (χ1v) is 8.52. The molecule has 9 heteroatoms. The van der Waals surface area contributed by atoms with Crippen LogP contribution in [-0.4, -0.2) is 17.7 Å². The number of carbonyl (C=O) groups excluding carboxylic acids is 1. The van der Waals surface area contributed by atoms with Gasteiger partial charge < -0.3 is 4.74 Å². The summed E-state index contributed by atoms with van der Waals surface area (Å²) in [6.07, 6.45) is 1.22. The summed E-state index contributed by atoms with van der Waals surface area (Å²) < 4.78 is 74.2. The molecule has 0 saturated heterocycles. The van der Waals surface area contributed by atoms with Crippen molar-refractivity contribution in [3.05, 3.63) is 64.5 Å². The van der Waals surface area contributed by atoms with Crippen LogP contribution in [0.3, 0.4) is 0 Å².